The summed E-state index contributed by atoms with van der Waals surface area (Å²) < 4.78 is 17.4. The Kier molecular flexibility index (Phi) is 7.14. The zero-order valence-electron chi connectivity index (χ0n) is 13.6. The number of nitrogens with one attached hydrogen (secondary N) is 1. The first-order valence-electron chi connectivity index (χ1n) is 7.41. The van der Waals surface area contributed by atoms with Crippen molar-refractivity contribution < 1.29 is 14.2 Å². The van der Waals surface area contributed by atoms with E-state index in [-0.39, 0.29) is 6.23 Å². The molecule has 1 unspecified atom stereocenters. The minimum atomic E-state index is -0.118. The van der Waals surface area contributed by atoms with Gasteiger partial charge in [0, 0.05) is 13.7 Å². The average Bonchev–Trinajstić information content (AvgIpc) is 2.60. The number of halogens is 1. The Bertz CT molecular complexity index is 619. The predicted octanol–water partition coefficient (Wildman–Crippen LogP) is 3.79. The minimum absolute atomic E-state index is 0.118. The summed E-state index contributed by atoms with van der Waals surface area (Å²) in [6.45, 7) is 0.771. The number of hydrogen-bond acceptors (Lipinski definition) is 4. The molecule has 0 saturated heterocycles. The van der Waals surface area contributed by atoms with Crippen molar-refractivity contribution in [1.29, 1.82) is 0 Å². The number of ether oxygens (including phenoxy) is 3. The van der Waals surface area contributed by atoms with Gasteiger partial charge in [-0.25, -0.2) is 0 Å². The summed E-state index contributed by atoms with van der Waals surface area (Å²) in [4.78, 5) is 0. The summed E-state index contributed by atoms with van der Waals surface area (Å²) in [7, 11) is 5.08. The van der Waals surface area contributed by atoms with E-state index in [0.717, 1.165) is 39.2 Å². The molecule has 0 heterocycles. The molecule has 0 fully saturated rings. The van der Waals surface area contributed by atoms with Crippen LogP contribution in [0.2, 0.25) is 0 Å². The van der Waals surface area contributed by atoms with E-state index >= 15 is 0 Å². The molecule has 1 atom stereocenters. The number of benzene rings is 2. The summed E-state index contributed by atoms with van der Waals surface area (Å²) in [6, 6.07) is 14.2. The van der Waals surface area contributed by atoms with Gasteiger partial charge in [0.25, 0.3) is 0 Å². The van der Waals surface area contributed by atoms with Crippen LogP contribution in [0.1, 0.15) is 17.4 Å². The fourth-order valence-corrected chi connectivity index (χ4v) is 3.08. The van der Waals surface area contributed by atoms with Crippen molar-refractivity contribution in [3.8, 4) is 11.5 Å². The third kappa shape index (κ3) is 4.83. The number of rotatable bonds is 8. The average molecular weight is 427 g/mol. The maximum atomic E-state index is 5.53. The molecule has 0 saturated carbocycles. The third-order valence-corrected chi connectivity index (χ3v) is 4.46. The van der Waals surface area contributed by atoms with E-state index in [9.17, 15) is 0 Å². The molecule has 23 heavy (non-hydrogen) atoms. The molecule has 1 N–H and O–H groups in total. The van der Waals surface area contributed by atoms with Gasteiger partial charge < -0.3 is 14.2 Å². The van der Waals surface area contributed by atoms with Crippen molar-refractivity contribution >= 4 is 22.6 Å². The van der Waals surface area contributed by atoms with Crippen LogP contribution in [-0.4, -0.2) is 27.9 Å². The topological polar surface area (TPSA) is 39.7 Å². The maximum Gasteiger partial charge on any atom is 0.133 e. The van der Waals surface area contributed by atoms with E-state index in [1.165, 1.54) is 0 Å². The fraction of sp³-hybridized carbons (Fsp3) is 0.333. The second-order valence-electron chi connectivity index (χ2n) is 5.03. The zero-order valence-corrected chi connectivity index (χ0v) is 15.8. The van der Waals surface area contributed by atoms with Gasteiger partial charge in [-0.3, -0.25) is 5.32 Å². The molecule has 124 valence electrons. The third-order valence-electron chi connectivity index (χ3n) is 3.62. The molecule has 5 heteroatoms. The van der Waals surface area contributed by atoms with E-state index in [4.69, 9.17) is 14.2 Å². The molecule has 0 amide bonds. The molecule has 0 radical (unpaired) electrons. The first-order chi connectivity index (χ1) is 11.2. The van der Waals surface area contributed by atoms with E-state index in [0.29, 0.717) is 0 Å². The van der Waals surface area contributed by atoms with Gasteiger partial charge in [-0.2, -0.15) is 0 Å². The van der Waals surface area contributed by atoms with Crippen LogP contribution >= 0.6 is 22.6 Å². The van der Waals surface area contributed by atoms with Crippen molar-refractivity contribution in [2.45, 2.75) is 12.6 Å². The van der Waals surface area contributed by atoms with Gasteiger partial charge in [0.1, 0.15) is 17.7 Å². The van der Waals surface area contributed by atoms with Crippen molar-refractivity contribution in [1.82, 2.24) is 5.32 Å². The van der Waals surface area contributed by atoms with E-state index < -0.39 is 0 Å². The molecular weight excluding hydrogens is 405 g/mol. The fourth-order valence-electron chi connectivity index (χ4n) is 2.42. The molecule has 2 aromatic carbocycles. The maximum absolute atomic E-state index is 5.53. The largest absolute Gasteiger partial charge is 0.496 e. The van der Waals surface area contributed by atoms with Crippen LogP contribution in [-0.2, 0) is 11.2 Å². The van der Waals surface area contributed by atoms with Gasteiger partial charge in [-0.1, -0.05) is 30.3 Å². The standard InChI is InChI=1S/C18H22INO3/c1-21-16-12-15(19)17(22-2)11-14(16)9-10-20-18(23-3)13-7-5-4-6-8-13/h4-8,11-12,18,20H,9-10H2,1-3H3. The highest BCUT2D eigenvalue weighted by molar-refractivity contribution is 14.1. The van der Waals surface area contributed by atoms with Gasteiger partial charge in [0.15, 0.2) is 0 Å². The number of hydrogen-bond donors (Lipinski definition) is 1. The molecule has 0 aliphatic rings. The second kappa shape index (κ2) is 9.10. The Labute approximate surface area is 151 Å². The Hall–Kier alpha value is -1.31. The quantitative estimate of drug-likeness (QED) is 0.514. The summed E-state index contributed by atoms with van der Waals surface area (Å²) in [5.41, 5.74) is 2.22. The predicted molar refractivity (Wildman–Crippen MR) is 100 cm³/mol. The lowest BCUT2D eigenvalue weighted by Gasteiger charge is -2.18. The Morgan fingerprint density at radius 1 is 1.00 bits per heavy atom. The van der Waals surface area contributed by atoms with Crippen LogP contribution in [0, 0.1) is 3.57 Å². The lowest BCUT2D eigenvalue weighted by Crippen LogP contribution is -2.25. The molecule has 2 rings (SSSR count). The van der Waals surface area contributed by atoms with Crippen molar-refractivity contribution in [2.75, 3.05) is 27.9 Å². The van der Waals surface area contributed by atoms with Crippen LogP contribution in [0.4, 0.5) is 0 Å². The Balaban J connectivity index is 2.03. The molecule has 0 aliphatic heterocycles. The first kappa shape index (κ1) is 18.0. The van der Waals surface area contributed by atoms with E-state index in [1.54, 1.807) is 21.3 Å². The van der Waals surface area contributed by atoms with Gasteiger partial charge in [0.2, 0.25) is 0 Å². The van der Waals surface area contributed by atoms with E-state index in [1.807, 2.05) is 30.3 Å². The van der Waals surface area contributed by atoms with Crippen molar-refractivity contribution in [2.24, 2.45) is 0 Å². The second-order valence-corrected chi connectivity index (χ2v) is 6.19. The highest BCUT2D eigenvalue weighted by atomic mass is 127. The summed E-state index contributed by atoms with van der Waals surface area (Å²) in [6.07, 6.45) is 0.705. The van der Waals surface area contributed by atoms with Crippen LogP contribution in [0.3, 0.4) is 0 Å². The summed E-state index contributed by atoms with van der Waals surface area (Å²) in [5.74, 6) is 1.75. The highest BCUT2D eigenvalue weighted by Gasteiger charge is 2.12. The van der Waals surface area contributed by atoms with Crippen LogP contribution in [0.5, 0.6) is 11.5 Å². The van der Waals surface area contributed by atoms with Crippen molar-refractivity contribution in [3.05, 3.63) is 57.2 Å². The van der Waals surface area contributed by atoms with Gasteiger partial charge in [-0.05, 0) is 52.3 Å². The lowest BCUT2D eigenvalue weighted by molar-refractivity contribution is 0.0743. The molecule has 0 spiro atoms. The molecule has 2 aromatic rings. The van der Waals surface area contributed by atoms with Gasteiger partial charge in [0.05, 0.1) is 17.8 Å². The zero-order chi connectivity index (χ0) is 16.7. The number of methoxy groups -OCH3 is 3. The summed E-state index contributed by atoms with van der Waals surface area (Å²) in [5, 5.41) is 3.42. The molecule has 0 aromatic heterocycles. The summed E-state index contributed by atoms with van der Waals surface area (Å²) >= 11 is 2.25. The van der Waals surface area contributed by atoms with Crippen LogP contribution < -0.4 is 14.8 Å². The van der Waals surface area contributed by atoms with Gasteiger partial charge in [-0.15, -0.1) is 0 Å². The van der Waals surface area contributed by atoms with Crippen LogP contribution in [0.25, 0.3) is 0 Å². The van der Waals surface area contributed by atoms with Gasteiger partial charge >= 0.3 is 0 Å². The molecule has 0 aliphatic carbocycles. The Morgan fingerprint density at radius 2 is 1.70 bits per heavy atom. The monoisotopic (exact) mass is 427 g/mol. The van der Waals surface area contributed by atoms with E-state index in [2.05, 4.69) is 40.0 Å². The van der Waals surface area contributed by atoms with Crippen LogP contribution in [0.15, 0.2) is 42.5 Å². The normalized spacial score (nSPS) is 12.0. The Morgan fingerprint density at radius 3 is 2.30 bits per heavy atom. The first-order valence-corrected chi connectivity index (χ1v) is 8.49. The lowest BCUT2D eigenvalue weighted by atomic mass is 10.1. The molecule has 4 nitrogen and oxygen atoms in total. The highest BCUT2D eigenvalue weighted by Crippen LogP contribution is 2.30. The minimum Gasteiger partial charge on any atom is -0.496 e. The SMILES string of the molecule is COc1cc(CCNC(OC)c2ccccc2)c(OC)cc1I. The molecular formula is C18H22INO3. The van der Waals surface area contributed by atoms with Crippen molar-refractivity contribution in [3.63, 3.8) is 0 Å². The molecule has 0 bridgehead atoms. The smallest absolute Gasteiger partial charge is 0.133 e.